The van der Waals surface area contributed by atoms with Gasteiger partial charge in [-0.15, -0.1) is 0 Å². The number of benzene rings is 1. The van der Waals surface area contributed by atoms with Crippen LogP contribution in [0.5, 0.6) is 5.75 Å². The van der Waals surface area contributed by atoms with E-state index in [0.29, 0.717) is 5.46 Å². The van der Waals surface area contributed by atoms with Crippen LogP contribution in [0.25, 0.3) is 0 Å². The van der Waals surface area contributed by atoms with E-state index in [1.807, 2.05) is 27.7 Å². The molecule has 1 aromatic rings. The molecule has 1 aromatic carbocycles. The van der Waals surface area contributed by atoms with Crippen molar-refractivity contribution in [3.63, 3.8) is 0 Å². The van der Waals surface area contributed by atoms with E-state index >= 15 is 0 Å². The highest BCUT2D eigenvalue weighted by molar-refractivity contribution is 6.62. The predicted molar refractivity (Wildman–Crippen MR) is 73.8 cm³/mol. The van der Waals surface area contributed by atoms with Crippen molar-refractivity contribution in [2.45, 2.75) is 51.2 Å². The van der Waals surface area contributed by atoms with Crippen molar-refractivity contribution >= 4 is 12.6 Å². The van der Waals surface area contributed by atoms with E-state index < -0.39 is 36.4 Å². The molecule has 0 radical (unpaired) electrons. The SMILES string of the molecule is CC1(C)OB(c2ccc(OC(F)(F)C(F)(F)F)cc2)OC1(C)C. The quantitative estimate of drug-likeness (QED) is 0.624. The summed E-state index contributed by atoms with van der Waals surface area (Å²) in [4.78, 5) is 0. The van der Waals surface area contributed by atoms with Crippen molar-refractivity contribution in [3.05, 3.63) is 24.3 Å². The topological polar surface area (TPSA) is 27.7 Å². The fourth-order valence-electron chi connectivity index (χ4n) is 1.88. The van der Waals surface area contributed by atoms with Crippen LogP contribution < -0.4 is 10.2 Å². The van der Waals surface area contributed by atoms with E-state index in [1.54, 1.807) is 0 Å². The number of halogens is 5. The molecule has 1 aliphatic rings. The second kappa shape index (κ2) is 5.34. The first-order chi connectivity index (χ1) is 10.3. The monoisotopic (exact) mass is 338 g/mol. The van der Waals surface area contributed by atoms with Gasteiger partial charge in [-0.1, -0.05) is 12.1 Å². The summed E-state index contributed by atoms with van der Waals surface area (Å²) in [6.45, 7) is 7.37. The van der Waals surface area contributed by atoms with Crippen LogP contribution in [0.2, 0.25) is 0 Å². The summed E-state index contributed by atoms with van der Waals surface area (Å²) in [5.41, 5.74) is -0.682. The van der Waals surface area contributed by atoms with Crippen LogP contribution in [0.1, 0.15) is 27.7 Å². The molecule has 0 spiro atoms. The normalized spacial score (nSPS) is 20.7. The van der Waals surface area contributed by atoms with Crippen LogP contribution in [0.3, 0.4) is 0 Å². The molecule has 0 saturated carbocycles. The van der Waals surface area contributed by atoms with Crippen LogP contribution in [0.15, 0.2) is 24.3 Å². The summed E-state index contributed by atoms with van der Waals surface area (Å²) in [6, 6.07) is 4.67. The maximum Gasteiger partial charge on any atom is 0.499 e. The van der Waals surface area contributed by atoms with Gasteiger partial charge in [0.15, 0.2) is 0 Å². The molecule has 0 aliphatic carbocycles. The standard InChI is InChI=1S/C14H16BF5O3/c1-11(2)12(3,4)23-15(22-11)9-5-7-10(8-6-9)21-14(19,20)13(16,17)18/h5-8H,1-4H3. The van der Waals surface area contributed by atoms with Gasteiger partial charge in [0.2, 0.25) is 0 Å². The Balaban J connectivity index is 2.13. The summed E-state index contributed by atoms with van der Waals surface area (Å²) >= 11 is 0. The number of hydrogen-bond donors (Lipinski definition) is 0. The van der Waals surface area contributed by atoms with Gasteiger partial charge in [-0.25, -0.2) is 0 Å². The molecule has 0 bridgehead atoms. The molecule has 0 amide bonds. The smallest absolute Gasteiger partial charge is 0.426 e. The van der Waals surface area contributed by atoms with E-state index in [-0.39, 0.29) is 0 Å². The Morgan fingerprint density at radius 2 is 1.30 bits per heavy atom. The highest BCUT2D eigenvalue weighted by atomic mass is 19.4. The molecule has 2 rings (SSSR count). The predicted octanol–water partition coefficient (Wildman–Crippen LogP) is 3.52. The molecule has 23 heavy (non-hydrogen) atoms. The molecule has 0 N–H and O–H groups in total. The van der Waals surface area contributed by atoms with Crippen LogP contribution in [0.4, 0.5) is 22.0 Å². The third kappa shape index (κ3) is 3.45. The fraction of sp³-hybridized carbons (Fsp3) is 0.571. The zero-order chi connectivity index (χ0) is 17.7. The van der Waals surface area contributed by atoms with Gasteiger partial charge in [0, 0.05) is 0 Å². The lowest BCUT2D eigenvalue weighted by Gasteiger charge is -2.32. The van der Waals surface area contributed by atoms with E-state index in [2.05, 4.69) is 4.74 Å². The molecule has 128 valence electrons. The second-order valence-electron chi connectivity index (χ2n) is 6.27. The second-order valence-corrected chi connectivity index (χ2v) is 6.27. The van der Waals surface area contributed by atoms with Crippen LogP contribution in [-0.2, 0) is 9.31 Å². The van der Waals surface area contributed by atoms with E-state index in [0.717, 1.165) is 12.1 Å². The lowest BCUT2D eigenvalue weighted by atomic mass is 9.79. The molecule has 1 saturated heterocycles. The molecular formula is C14H16BF5O3. The first-order valence-corrected chi connectivity index (χ1v) is 6.84. The third-order valence-corrected chi connectivity index (χ3v) is 3.98. The van der Waals surface area contributed by atoms with Crippen molar-refractivity contribution in [1.82, 2.24) is 0 Å². The highest BCUT2D eigenvalue weighted by Gasteiger charge is 2.61. The summed E-state index contributed by atoms with van der Waals surface area (Å²) in [5, 5.41) is 0. The van der Waals surface area contributed by atoms with Gasteiger partial charge in [0.1, 0.15) is 5.75 Å². The molecule has 0 aromatic heterocycles. The van der Waals surface area contributed by atoms with Crippen molar-refractivity contribution in [2.75, 3.05) is 0 Å². The van der Waals surface area contributed by atoms with Crippen LogP contribution in [0, 0.1) is 0 Å². The van der Waals surface area contributed by atoms with Crippen LogP contribution >= 0.6 is 0 Å². The van der Waals surface area contributed by atoms with Gasteiger partial charge >= 0.3 is 19.4 Å². The Labute approximate surface area is 130 Å². The minimum absolute atomic E-state index is 0.492. The summed E-state index contributed by atoms with van der Waals surface area (Å²) in [7, 11) is -0.739. The van der Waals surface area contributed by atoms with Gasteiger partial charge in [0.05, 0.1) is 11.2 Å². The number of alkyl halides is 5. The maximum absolute atomic E-state index is 12.8. The fourth-order valence-corrected chi connectivity index (χ4v) is 1.88. The van der Waals surface area contributed by atoms with E-state index in [9.17, 15) is 22.0 Å². The lowest BCUT2D eigenvalue weighted by Crippen LogP contribution is -2.42. The number of hydrogen-bond acceptors (Lipinski definition) is 3. The molecular weight excluding hydrogens is 322 g/mol. The van der Waals surface area contributed by atoms with E-state index in [4.69, 9.17) is 9.31 Å². The molecule has 1 heterocycles. The molecule has 3 nitrogen and oxygen atoms in total. The maximum atomic E-state index is 12.8. The Bertz CT molecular complexity index is 553. The average Bonchev–Trinajstić information content (AvgIpc) is 2.57. The Hall–Kier alpha value is -1.35. The molecule has 1 aliphatic heterocycles. The highest BCUT2D eigenvalue weighted by Crippen LogP contribution is 2.38. The number of rotatable bonds is 3. The third-order valence-electron chi connectivity index (χ3n) is 3.98. The van der Waals surface area contributed by atoms with Crippen molar-refractivity contribution in [3.8, 4) is 5.75 Å². The molecule has 0 atom stereocenters. The Morgan fingerprint density at radius 3 is 1.70 bits per heavy atom. The summed E-state index contributed by atoms with van der Waals surface area (Å²) in [5.74, 6) is -0.604. The first-order valence-electron chi connectivity index (χ1n) is 6.84. The zero-order valence-corrected chi connectivity index (χ0v) is 13.0. The zero-order valence-electron chi connectivity index (χ0n) is 13.0. The Morgan fingerprint density at radius 1 is 0.870 bits per heavy atom. The largest absolute Gasteiger partial charge is 0.499 e. The lowest BCUT2D eigenvalue weighted by molar-refractivity contribution is -0.360. The molecule has 1 fully saturated rings. The van der Waals surface area contributed by atoms with Gasteiger partial charge in [-0.2, -0.15) is 22.0 Å². The van der Waals surface area contributed by atoms with Crippen LogP contribution in [-0.4, -0.2) is 30.6 Å². The van der Waals surface area contributed by atoms with Crippen molar-refractivity contribution in [2.24, 2.45) is 0 Å². The average molecular weight is 338 g/mol. The first kappa shape index (κ1) is 18.0. The summed E-state index contributed by atoms with van der Waals surface area (Å²) < 4.78 is 77.2. The minimum atomic E-state index is -5.78. The van der Waals surface area contributed by atoms with Crippen molar-refractivity contribution in [1.29, 1.82) is 0 Å². The molecule has 0 unspecified atom stereocenters. The molecule has 9 heteroatoms. The number of ether oxygens (including phenoxy) is 1. The van der Waals surface area contributed by atoms with Gasteiger partial charge in [0.25, 0.3) is 0 Å². The van der Waals surface area contributed by atoms with Gasteiger partial charge in [-0.3, -0.25) is 0 Å². The van der Waals surface area contributed by atoms with E-state index in [1.165, 1.54) is 12.1 Å². The Kier molecular flexibility index (Phi) is 4.18. The summed E-state index contributed by atoms with van der Waals surface area (Å²) in [6.07, 6.45) is -11.0. The van der Waals surface area contributed by atoms with Gasteiger partial charge < -0.3 is 14.0 Å². The van der Waals surface area contributed by atoms with Gasteiger partial charge in [-0.05, 0) is 45.3 Å². The minimum Gasteiger partial charge on any atom is -0.426 e. The van der Waals surface area contributed by atoms with Crippen molar-refractivity contribution < 1.29 is 36.0 Å².